The first-order valence-corrected chi connectivity index (χ1v) is 5.76. The molecule has 0 saturated heterocycles. The molecule has 0 aliphatic heterocycles. The summed E-state index contributed by atoms with van der Waals surface area (Å²) < 4.78 is 13.4. The maximum absolute atomic E-state index is 13.4. The Bertz CT molecular complexity index is 384. The van der Waals surface area contributed by atoms with Gasteiger partial charge in [0, 0.05) is 19.8 Å². The Morgan fingerprint density at radius 2 is 2.06 bits per heavy atom. The highest BCUT2D eigenvalue weighted by Crippen LogP contribution is 2.53. The number of nitrogens with zero attached hydrogens (tertiary/aromatic N) is 1. The second-order valence-electron chi connectivity index (χ2n) is 4.87. The third kappa shape index (κ3) is 1.92. The van der Waals surface area contributed by atoms with Crippen LogP contribution in [0.15, 0.2) is 18.2 Å². The van der Waals surface area contributed by atoms with Gasteiger partial charge in [-0.3, -0.25) is 0 Å². The number of rotatable bonds is 4. The third-order valence-electron chi connectivity index (χ3n) is 3.49. The summed E-state index contributed by atoms with van der Waals surface area (Å²) in [5, 5.41) is 0. The van der Waals surface area contributed by atoms with Gasteiger partial charge < -0.3 is 10.6 Å². The predicted molar refractivity (Wildman–Crippen MR) is 65.3 cm³/mol. The fourth-order valence-corrected chi connectivity index (χ4v) is 2.40. The fourth-order valence-electron chi connectivity index (χ4n) is 2.40. The maximum atomic E-state index is 13.4. The molecule has 16 heavy (non-hydrogen) atoms. The summed E-state index contributed by atoms with van der Waals surface area (Å²) >= 11 is 0. The first-order chi connectivity index (χ1) is 7.59. The van der Waals surface area contributed by atoms with Crippen LogP contribution >= 0.6 is 0 Å². The fraction of sp³-hybridized carbons (Fsp3) is 0.538. The maximum Gasteiger partial charge on any atom is 0.123 e. The molecule has 1 saturated carbocycles. The zero-order valence-corrected chi connectivity index (χ0v) is 9.96. The summed E-state index contributed by atoms with van der Waals surface area (Å²) in [4.78, 5) is 2.05. The van der Waals surface area contributed by atoms with Crippen molar-refractivity contribution >= 4 is 5.69 Å². The molecule has 0 atom stereocenters. The van der Waals surface area contributed by atoms with E-state index in [1.54, 1.807) is 6.07 Å². The Morgan fingerprint density at radius 3 is 2.56 bits per heavy atom. The van der Waals surface area contributed by atoms with Gasteiger partial charge in [0.2, 0.25) is 0 Å². The van der Waals surface area contributed by atoms with E-state index in [4.69, 9.17) is 5.73 Å². The van der Waals surface area contributed by atoms with E-state index in [0.717, 1.165) is 30.5 Å². The largest absolute Gasteiger partial charge is 0.377 e. The number of hydrogen-bond donors (Lipinski definition) is 1. The zero-order valence-electron chi connectivity index (χ0n) is 9.96. The summed E-state index contributed by atoms with van der Waals surface area (Å²) in [5.41, 5.74) is 8.04. The topological polar surface area (TPSA) is 29.3 Å². The van der Waals surface area contributed by atoms with Crippen molar-refractivity contribution < 1.29 is 4.39 Å². The van der Waals surface area contributed by atoms with Gasteiger partial charge in [-0.15, -0.1) is 0 Å². The lowest BCUT2D eigenvalue weighted by Crippen LogP contribution is -2.19. The molecule has 1 aromatic carbocycles. The molecule has 2 rings (SSSR count). The van der Waals surface area contributed by atoms with E-state index in [1.807, 2.05) is 25.1 Å². The Hall–Kier alpha value is -1.09. The van der Waals surface area contributed by atoms with Crippen LogP contribution in [0.25, 0.3) is 0 Å². The lowest BCUT2D eigenvalue weighted by Gasteiger charge is -2.23. The van der Waals surface area contributed by atoms with Gasteiger partial charge in [-0.05, 0) is 55.0 Å². The van der Waals surface area contributed by atoms with Gasteiger partial charge in [0.25, 0.3) is 0 Å². The Balaban J connectivity index is 2.42. The van der Waals surface area contributed by atoms with Gasteiger partial charge in [-0.1, -0.05) is 0 Å². The average Bonchev–Trinajstić information content (AvgIpc) is 2.99. The molecule has 0 amide bonds. The molecule has 0 heterocycles. The van der Waals surface area contributed by atoms with E-state index < -0.39 is 0 Å². The smallest absolute Gasteiger partial charge is 0.123 e. The van der Waals surface area contributed by atoms with E-state index >= 15 is 0 Å². The van der Waals surface area contributed by atoms with Crippen LogP contribution < -0.4 is 10.6 Å². The van der Waals surface area contributed by atoms with Gasteiger partial charge in [0.1, 0.15) is 5.82 Å². The van der Waals surface area contributed by atoms with Crippen molar-refractivity contribution in [2.75, 3.05) is 25.5 Å². The lowest BCUT2D eigenvalue weighted by atomic mass is 9.90. The number of anilines is 1. The minimum absolute atomic E-state index is 0.149. The highest BCUT2D eigenvalue weighted by Gasteiger charge is 2.45. The molecule has 0 aromatic heterocycles. The van der Waals surface area contributed by atoms with Crippen molar-refractivity contribution in [1.29, 1.82) is 0 Å². The molecule has 0 bridgehead atoms. The highest BCUT2D eigenvalue weighted by atomic mass is 19.1. The first kappa shape index (κ1) is 11.4. The quantitative estimate of drug-likeness (QED) is 0.846. The molecular formula is C13H19FN2. The molecule has 1 aliphatic carbocycles. The van der Waals surface area contributed by atoms with Crippen LogP contribution in [0.2, 0.25) is 0 Å². The Kier molecular flexibility index (Phi) is 2.89. The van der Waals surface area contributed by atoms with Crippen LogP contribution in [0.1, 0.15) is 24.8 Å². The Morgan fingerprint density at radius 1 is 1.38 bits per heavy atom. The van der Waals surface area contributed by atoms with Crippen molar-refractivity contribution in [1.82, 2.24) is 0 Å². The molecule has 2 nitrogen and oxygen atoms in total. The van der Waals surface area contributed by atoms with Gasteiger partial charge in [-0.2, -0.15) is 0 Å². The molecule has 2 N–H and O–H groups in total. The highest BCUT2D eigenvalue weighted by molar-refractivity contribution is 5.58. The molecule has 0 spiro atoms. The van der Waals surface area contributed by atoms with Crippen LogP contribution in [0, 0.1) is 5.82 Å². The summed E-state index contributed by atoms with van der Waals surface area (Å²) in [6.45, 7) is 0.670. The van der Waals surface area contributed by atoms with Crippen LogP contribution in [-0.4, -0.2) is 20.6 Å². The van der Waals surface area contributed by atoms with E-state index in [2.05, 4.69) is 0 Å². The zero-order chi connectivity index (χ0) is 11.8. The van der Waals surface area contributed by atoms with Gasteiger partial charge in [-0.25, -0.2) is 4.39 Å². The summed E-state index contributed by atoms with van der Waals surface area (Å²) in [6, 6.07) is 5.07. The van der Waals surface area contributed by atoms with Gasteiger partial charge in [0.15, 0.2) is 0 Å². The summed E-state index contributed by atoms with van der Waals surface area (Å²) in [6.07, 6.45) is 3.22. The number of nitrogens with two attached hydrogens (primary N) is 1. The monoisotopic (exact) mass is 222 g/mol. The standard InChI is InChI=1S/C13H19FN2/c1-16(2)12-4-3-10(14)9-11(12)13(5-6-13)7-8-15/h3-4,9H,5-8,15H2,1-2H3. The number of hydrogen-bond acceptors (Lipinski definition) is 2. The van der Waals surface area contributed by atoms with Crippen molar-refractivity contribution in [2.24, 2.45) is 5.73 Å². The van der Waals surface area contributed by atoms with Crippen LogP contribution in [-0.2, 0) is 5.41 Å². The van der Waals surface area contributed by atoms with Crippen LogP contribution in [0.3, 0.4) is 0 Å². The van der Waals surface area contributed by atoms with Gasteiger partial charge in [0.05, 0.1) is 0 Å². The second kappa shape index (κ2) is 4.06. The summed E-state index contributed by atoms with van der Waals surface area (Å²) in [7, 11) is 3.99. The Labute approximate surface area is 96.2 Å². The first-order valence-electron chi connectivity index (χ1n) is 5.76. The van der Waals surface area contributed by atoms with Crippen molar-refractivity contribution in [3.63, 3.8) is 0 Å². The number of benzene rings is 1. The molecule has 0 radical (unpaired) electrons. The van der Waals surface area contributed by atoms with E-state index in [9.17, 15) is 4.39 Å². The van der Waals surface area contributed by atoms with Crippen molar-refractivity contribution in [3.05, 3.63) is 29.6 Å². The van der Waals surface area contributed by atoms with E-state index in [-0.39, 0.29) is 11.2 Å². The van der Waals surface area contributed by atoms with Crippen LogP contribution in [0.4, 0.5) is 10.1 Å². The molecular weight excluding hydrogens is 203 g/mol. The van der Waals surface area contributed by atoms with Gasteiger partial charge >= 0.3 is 0 Å². The molecule has 1 fully saturated rings. The average molecular weight is 222 g/mol. The molecule has 1 aromatic rings. The van der Waals surface area contributed by atoms with E-state index in [1.165, 1.54) is 6.07 Å². The molecule has 0 unspecified atom stereocenters. The SMILES string of the molecule is CN(C)c1ccc(F)cc1C1(CCN)CC1. The lowest BCUT2D eigenvalue weighted by molar-refractivity contribution is 0.599. The van der Waals surface area contributed by atoms with E-state index in [0.29, 0.717) is 6.54 Å². The van der Waals surface area contributed by atoms with Crippen molar-refractivity contribution in [2.45, 2.75) is 24.7 Å². The minimum atomic E-state index is -0.149. The van der Waals surface area contributed by atoms with Crippen LogP contribution in [0.5, 0.6) is 0 Å². The normalized spacial score (nSPS) is 17.2. The molecule has 1 aliphatic rings. The number of halogens is 1. The molecule has 88 valence electrons. The summed E-state index contributed by atoms with van der Waals surface area (Å²) in [5.74, 6) is -0.149. The minimum Gasteiger partial charge on any atom is -0.377 e. The van der Waals surface area contributed by atoms with Crippen molar-refractivity contribution in [3.8, 4) is 0 Å². The second-order valence-corrected chi connectivity index (χ2v) is 4.87. The third-order valence-corrected chi connectivity index (χ3v) is 3.49. The molecule has 3 heteroatoms. The predicted octanol–water partition coefficient (Wildman–Crippen LogP) is 2.27.